The van der Waals surface area contributed by atoms with Gasteiger partial charge in [0, 0.05) is 35.6 Å². The number of fused-ring (bicyclic) bond motifs is 1. The van der Waals surface area contributed by atoms with Crippen LogP contribution in [0.4, 0.5) is 11.6 Å². The number of nitrogens with zero attached hydrogens (tertiary/aromatic N) is 2. The molecule has 1 aliphatic heterocycles. The molecule has 0 radical (unpaired) electrons. The van der Waals surface area contributed by atoms with Gasteiger partial charge in [0.15, 0.2) is 0 Å². The molecule has 200 valence electrons. The van der Waals surface area contributed by atoms with Crippen LogP contribution in [-0.2, 0) is 4.74 Å². The van der Waals surface area contributed by atoms with Crippen molar-refractivity contribution in [2.45, 2.75) is 38.3 Å². The van der Waals surface area contributed by atoms with E-state index in [1.807, 2.05) is 37.4 Å². The minimum atomic E-state index is -0.134. The molecule has 6 rings (SSSR count). The zero-order valence-corrected chi connectivity index (χ0v) is 21.8. The molecule has 0 unspecified atom stereocenters. The van der Waals surface area contributed by atoms with Crippen LogP contribution < -0.4 is 20.7 Å². The fraction of sp³-hybridized carbons (Fsp3) is 0.310. The molecule has 0 spiro atoms. The van der Waals surface area contributed by atoms with Crippen molar-refractivity contribution in [2.75, 3.05) is 25.6 Å². The summed E-state index contributed by atoms with van der Waals surface area (Å²) in [4.78, 5) is 37.3. The van der Waals surface area contributed by atoms with Crippen molar-refractivity contribution in [3.8, 4) is 17.0 Å². The molecular weight excluding hydrogens is 496 g/mol. The molecule has 2 amide bonds. The fourth-order valence-electron chi connectivity index (χ4n) is 4.61. The number of carbonyl (C=O) groups is 2. The first-order valence-corrected chi connectivity index (χ1v) is 13.1. The third-order valence-electron chi connectivity index (χ3n) is 7.22. The van der Waals surface area contributed by atoms with Crippen LogP contribution in [-0.4, -0.2) is 59.2 Å². The fourth-order valence-corrected chi connectivity index (χ4v) is 4.61. The minimum Gasteiger partial charge on any atom is -0.474 e. The van der Waals surface area contributed by atoms with Crippen molar-refractivity contribution < 1.29 is 19.1 Å². The minimum absolute atomic E-state index is 0.0734. The highest BCUT2D eigenvalue weighted by atomic mass is 16.5. The Bertz CT molecular complexity index is 1540. The van der Waals surface area contributed by atoms with Crippen LogP contribution in [0.2, 0.25) is 0 Å². The summed E-state index contributed by atoms with van der Waals surface area (Å²) in [5, 5.41) is 9.70. The maximum absolute atomic E-state index is 12.5. The smallest absolute Gasteiger partial charge is 0.251 e. The number of aromatic nitrogens is 3. The van der Waals surface area contributed by atoms with E-state index in [0.717, 1.165) is 47.0 Å². The van der Waals surface area contributed by atoms with Gasteiger partial charge in [-0.1, -0.05) is 12.1 Å². The van der Waals surface area contributed by atoms with E-state index in [4.69, 9.17) is 19.4 Å². The molecule has 4 N–H and O–H groups in total. The van der Waals surface area contributed by atoms with E-state index < -0.39 is 0 Å². The maximum atomic E-state index is 12.5. The molecule has 1 saturated heterocycles. The molecular formula is C29H30N6O4. The number of rotatable bonds is 8. The first-order valence-electron chi connectivity index (χ1n) is 13.1. The van der Waals surface area contributed by atoms with E-state index in [2.05, 4.69) is 20.9 Å². The lowest BCUT2D eigenvalue weighted by Crippen LogP contribution is -2.48. The second kappa shape index (κ2) is 10.4. The zero-order chi connectivity index (χ0) is 26.9. The Balaban J connectivity index is 1.30. The second-order valence-corrected chi connectivity index (χ2v) is 9.97. The highest BCUT2D eigenvalue weighted by molar-refractivity contribution is 5.99. The van der Waals surface area contributed by atoms with Gasteiger partial charge >= 0.3 is 0 Å². The second-order valence-electron chi connectivity index (χ2n) is 9.97. The molecule has 2 fully saturated rings. The Morgan fingerprint density at radius 2 is 1.79 bits per heavy atom. The van der Waals surface area contributed by atoms with Crippen molar-refractivity contribution in [1.82, 2.24) is 25.6 Å². The van der Waals surface area contributed by atoms with Crippen LogP contribution in [0, 0.1) is 6.92 Å². The van der Waals surface area contributed by atoms with Gasteiger partial charge in [-0.25, -0.2) is 0 Å². The third-order valence-corrected chi connectivity index (χ3v) is 7.22. The maximum Gasteiger partial charge on any atom is 0.251 e. The molecule has 0 atom stereocenters. The summed E-state index contributed by atoms with van der Waals surface area (Å²) >= 11 is 0. The van der Waals surface area contributed by atoms with Crippen LogP contribution >= 0.6 is 0 Å². The van der Waals surface area contributed by atoms with E-state index in [0.29, 0.717) is 41.8 Å². The van der Waals surface area contributed by atoms with Gasteiger partial charge in [0.25, 0.3) is 11.8 Å². The van der Waals surface area contributed by atoms with Crippen molar-refractivity contribution in [3.05, 3.63) is 65.4 Å². The number of aryl methyl sites for hydroxylation is 1. The lowest BCUT2D eigenvalue weighted by atomic mass is 9.96. The molecule has 2 aromatic carbocycles. The van der Waals surface area contributed by atoms with E-state index in [1.165, 1.54) is 0 Å². The Labute approximate surface area is 225 Å². The Hall–Kier alpha value is -4.44. The number of ether oxygens (including phenoxy) is 2. The van der Waals surface area contributed by atoms with Crippen LogP contribution in [0.3, 0.4) is 0 Å². The van der Waals surface area contributed by atoms with E-state index in [1.54, 1.807) is 25.2 Å². The number of amides is 2. The summed E-state index contributed by atoms with van der Waals surface area (Å²) in [6.45, 7) is 3.04. The largest absolute Gasteiger partial charge is 0.474 e. The normalized spacial score (nSPS) is 15.3. The van der Waals surface area contributed by atoms with Crippen molar-refractivity contribution in [3.63, 3.8) is 0 Å². The summed E-state index contributed by atoms with van der Waals surface area (Å²) in [5.74, 6) is 0.654. The first kappa shape index (κ1) is 24.9. The van der Waals surface area contributed by atoms with Crippen LogP contribution in [0.25, 0.3) is 22.2 Å². The van der Waals surface area contributed by atoms with Gasteiger partial charge in [-0.15, -0.1) is 0 Å². The van der Waals surface area contributed by atoms with Gasteiger partial charge in [-0.05, 0) is 67.6 Å². The number of nitrogens with one attached hydrogen (secondary N) is 4. The molecule has 1 saturated carbocycles. The van der Waals surface area contributed by atoms with Crippen molar-refractivity contribution >= 4 is 34.5 Å². The van der Waals surface area contributed by atoms with E-state index in [-0.39, 0.29) is 24.0 Å². The SMILES string of the molecule is CNC(=O)c1ccc(-c2c[nH]c3nc(Nc4ccc(C(=O)NC5COC5)cc4C)nc(OC4CCC4)c23)cc1. The van der Waals surface area contributed by atoms with Crippen molar-refractivity contribution in [2.24, 2.45) is 0 Å². The summed E-state index contributed by atoms with van der Waals surface area (Å²) in [6.07, 6.45) is 5.12. The summed E-state index contributed by atoms with van der Waals surface area (Å²) in [7, 11) is 1.61. The number of carbonyl (C=O) groups excluding carboxylic acids is 2. The molecule has 39 heavy (non-hydrogen) atoms. The Morgan fingerprint density at radius 1 is 1.03 bits per heavy atom. The number of benzene rings is 2. The average molecular weight is 527 g/mol. The molecule has 2 aliphatic rings. The van der Waals surface area contributed by atoms with Crippen LogP contribution in [0.5, 0.6) is 5.88 Å². The van der Waals surface area contributed by atoms with Gasteiger partial charge in [-0.2, -0.15) is 9.97 Å². The van der Waals surface area contributed by atoms with Gasteiger partial charge in [-0.3, -0.25) is 9.59 Å². The standard InChI is InChI=1S/C29H30N6O4/c1-16-12-19(27(37)32-20-14-38-15-20)10-11-23(16)33-29-34-25-24(28(35-29)39-21-4-3-5-21)22(13-31-25)17-6-8-18(9-7-17)26(36)30-2/h6-13,20-21H,3-5,14-15H2,1-2H3,(H,30,36)(H,32,37)(H2,31,33,34,35). The lowest BCUT2D eigenvalue weighted by Gasteiger charge is -2.27. The number of hydrogen-bond acceptors (Lipinski definition) is 7. The Morgan fingerprint density at radius 3 is 2.44 bits per heavy atom. The summed E-state index contributed by atoms with van der Waals surface area (Å²) in [6, 6.07) is 13.0. The number of hydrogen-bond donors (Lipinski definition) is 4. The predicted octanol–water partition coefficient (Wildman–Crippen LogP) is 4.10. The molecule has 10 nitrogen and oxygen atoms in total. The zero-order valence-electron chi connectivity index (χ0n) is 21.8. The molecule has 10 heteroatoms. The lowest BCUT2D eigenvalue weighted by molar-refractivity contribution is -0.00346. The third kappa shape index (κ3) is 5.03. The molecule has 0 bridgehead atoms. The van der Waals surface area contributed by atoms with E-state index in [9.17, 15) is 9.59 Å². The molecule has 3 heterocycles. The number of H-pyrrole nitrogens is 1. The average Bonchev–Trinajstić information content (AvgIpc) is 3.33. The summed E-state index contributed by atoms with van der Waals surface area (Å²) < 4.78 is 11.5. The highest BCUT2D eigenvalue weighted by Crippen LogP contribution is 2.37. The first-order chi connectivity index (χ1) is 19.0. The monoisotopic (exact) mass is 526 g/mol. The molecule has 2 aromatic heterocycles. The quantitative estimate of drug-likeness (QED) is 0.272. The molecule has 4 aromatic rings. The number of anilines is 2. The van der Waals surface area contributed by atoms with Gasteiger partial charge in [0.05, 0.1) is 24.6 Å². The van der Waals surface area contributed by atoms with Crippen LogP contribution in [0.15, 0.2) is 48.7 Å². The van der Waals surface area contributed by atoms with Gasteiger partial charge in [0.1, 0.15) is 11.8 Å². The van der Waals surface area contributed by atoms with Gasteiger partial charge in [0.2, 0.25) is 11.8 Å². The number of aromatic amines is 1. The van der Waals surface area contributed by atoms with Crippen LogP contribution in [0.1, 0.15) is 45.5 Å². The van der Waals surface area contributed by atoms with E-state index >= 15 is 0 Å². The van der Waals surface area contributed by atoms with Gasteiger partial charge < -0.3 is 30.4 Å². The summed E-state index contributed by atoms with van der Waals surface area (Å²) in [5.41, 5.74) is 5.33. The van der Waals surface area contributed by atoms with Crippen molar-refractivity contribution in [1.29, 1.82) is 0 Å². The predicted molar refractivity (Wildman–Crippen MR) is 148 cm³/mol. The highest BCUT2D eigenvalue weighted by Gasteiger charge is 2.24. The molecule has 1 aliphatic carbocycles. The topological polar surface area (TPSA) is 130 Å². The Kier molecular flexibility index (Phi) is 6.62.